The predicted molar refractivity (Wildman–Crippen MR) is 94.4 cm³/mol. The highest BCUT2D eigenvalue weighted by Gasteiger charge is 2.28. The molecule has 1 aliphatic rings. The predicted octanol–water partition coefficient (Wildman–Crippen LogP) is 2.17. The highest BCUT2D eigenvalue weighted by molar-refractivity contribution is 7.07. The van der Waals surface area contributed by atoms with Crippen LogP contribution < -0.4 is 5.69 Å². The van der Waals surface area contributed by atoms with E-state index in [0.29, 0.717) is 6.42 Å². The maximum Gasteiger partial charge on any atom is 0.345 e. The molecule has 1 saturated heterocycles. The number of aromatic nitrogens is 3. The van der Waals surface area contributed by atoms with Crippen LogP contribution >= 0.6 is 11.3 Å². The fourth-order valence-electron chi connectivity index (χ4n) is 3.33. The van der Waals surface area contributed by atoms with E-state index in [1.807, 2.05) is 35.6 Å². The highest BCUT2D eigenvalue weighted by Crippen LogP contribution is 2.27. The van der Waals surface area contributed by atoms with E-state index in [4.69, 9.17) is 0 Å². The zero-order valence-electron chi connectivity index (χ0n) is 14.4. The van der Waals surface area contributed by atoms with Gasteiger partial charge in [0.25, 0.3) is 0 Å². The van der Waals surface area contributed by atoms with E-state index in [2.05, 4.69) is 5.10 Å². The summed E-state index contributed by atoms with van der Waals surface area (Å²) in [5.41, 5.74) is 1.03. The molecule has 2 aromatic heterocycles. The van der Waals surface area contributed by atoms with Gasteiger partial charge in [0, 0.05) is 32.1 Å². The fourth-order valence-corrected chi connectivity index (χ4v) is 4.00. The van der Waals surface area contributed by atoms with Crippen LogP contribution in [0.5, 0.6) is 0 Å². The number of hydrogen-bond acceptors (Lipinski definition) is 4. The van der Waals surface area contributed by atoms with Gasteiger partial charge in [0.2, 0.25) is 5.91 Å². The number of piperidine rings is 1. The number of carbonyl (C=O) groups is 1. The van der Waals surface area contributed by atoms with E-state index in [0.717, 1.165) is 37.3 Å². The Morgan fingerprint density at radius 2 is 2.08 bits per heavy atom. The molecule has 3 heterocycles. The third-order valence-corrected chi connectivity index (χ3v) is 5.38. The minimum atomic E-state index is -0.0593. The number of hydrogen-bond donors (Lipinski definition) is 0. The summed E-state index contributed by atoms with van der Waals surface area (Å²) in [5, 5.41) is 8.48. The summed E-state index contributed by atoms with van der Waals surface area (Å²) in [5.74, 6) is 1.29. The SMILES string of the molecule is CC(C)n1c(C2CCN(C(=O)Cc3ccsc3)CC2)nn(C)c1=O. The van der Waals surface area contributed by atoms with Crippen LogP contribution in [0.1, 0.15) is 50.0 Å². The minimum Gasteiger partial charge on any atom is -0.342 e. The second kappa shape index (κ2) is 6.93. The average molecular weight is 348 g/mol. The average Bonchev–Trinajstić information content (AvgIpc) is 3.16. The first kappa shape index (κ1) is 17.0. The van der Waals surface area contributed by atoms with Crippen molar-refractivity contribution >= 4 is 17.2 Å². The first-order valence-electron chi connectivity index (χ1n) is 8.41. The summed E-state index contributed by atoms with van der Waals surface area (Å²) in [7, 11) is 1.70. The molecule has 1 aliphatic heterocycles. The van der Waals surface area contributed by atoms with Crippen molar-refractivity contribution in [2.75, 3.05) is 13.1 Å². The lowest BCUT2D eigenvalue weighted by molar-refractivity contribution is -0.131. The number of rotatable bonds is 4. The Labute approximate surface area is 145 Å². The van der Waals surface area contributed by atoms with E-state index >= 15 is 0 Å². The Morgan fingerprint density at radius 3 is 2.67 bits per heavy atom. The Balaban J connectivity index is 1.66. The van der Waals surface area contributed by atoms with Gasteiger partial charge in [-0.15, -0.1) is 0 Å². The molecule has 0 spiro atoms. The van der Waals surface area contributed by atoms with Crippen LogP contribution in [0.15, 0.2) is 21.6 Å². The van der Waals surface area contributed by atoms with E-state index in [-0.39, 0.29) is 23.6 Å². The molecule has 0 radical (unpaired) electrons. The van der Waals surface area contributed by atoms with Crippen molar-refractivity contribution in [1.82, 2.24) is 19.2 Å². The van der Waals surface area contributed by atoms with Gasteiger partial charge in [-0.3, -0.25) is 9.36 Å². The van der Waals surface area contributed by atoms with Gasteiger partial charge in [0.15, 0.2) is 0 Å². The maximum absolute atomic E-state index is 12.4. The zero-order chi connectivity index (χ0) is 17.3. The molecule has 0 aromatic carbocycles. The van der Waals surface area contributed by atoms with Crippen molar-refractivity contribution in [1.29, 1.82) is 0 Å². The summed E-state index contributed by atoms with van der Waals surface area (Å²) < 4.78 is 3.21. The van der Waals surface area contributed by atoms with Crippen LogP contribution in [-0.4, -0.2) is 38.2 Å². The topological polar surface area (TPSA) is 60.1 Å². The minimum absolute atomic E-state index is 0.0593. The number of carbonyl (C=O) groups excluding carboxylic acids is 1. The van der Waals surface area contributed by atoms with Gasteiger partial charge < -0.3 is 4.90 Å². The smallest absolute Gasteiger partial charge is 0.342 e. The van der Waals surface area contributed by atoms with Gasteiger partial charge in [-0.1, -0.05) is 0 Å². The standard InChI is InChI=1S/C17H24N4O2S/c1-12(2)21-16(18-19(3)17(21)23)14-4-7-20(8-5-14)15(22)10-13-6-9-24-11-13/h6,9,11-12,14H,4-5,7-8,10H2,1-3H3. The monoisotopic (exact) mass is 348 g/mol. The van der Waals surface area contributed by atoms with Crippen molar-refractivity contribution in [3.63, 3.8) is 0 Å². The molecule has 0 atom stereocenters. The van der Waals surface area contributed by atoms with Crippen LogP contribution in [0.3, 0.4) is 0 Å². The summed E-state index contributed by atoms with van der Waals surface area (Å²) in [6, 6.07) is 2.10. The summed E-state index contributed by atoms with van der Waals surface area (Å²) >= 11 is 1.62. The van der Waals surface area contributed by atoms with Crippen LogP contribution in [0, 0.1) is 0 Å². The summed E-state index contributed by atoms with van der Waals surface area (Å²) in [6.45, 7) is 5.48. The van der Waals surface area contributed by atoms with Gasteiger partial charge in [-0.25, -0.2) is 9.48 Å². The number of aryl methyl sites for hydroxylation is 1. The molecule has 2 aromatic rings. The third-order valence-electron chi connectivity index (χ3n) is 4.65. The molecule has 1 amide bonds. The number of amides is 1. The Morgan fingerprint density at radius 1 is 1.38 bits per heavy atom. The molecule has 1 fully saturated rings. The van der Waals surface area contributed by atoms with Gasteiger partial charge >= 0.3 is 5.69 Å². The van der Waals surface area contributed by atoms with Gasteiger partial charge in [-0.05, 0) is 49.1 Å². The summed E-state index contributed by atoms with van der Waals surface area (Å²) in [6.07, 6.45) is 2.20. The largest absolute Gasteiger partial charge is 0.345 e. The van der Waals surface area contributed by atoms with Gasteiger partial charge in [-0.2, -0.15) is 16.4 Å². The Kier molecular flexibility index (Phi) is 4.89. The van der Waals surface area contributed by atoms with Crippen LogP contribution in [-0.2, 0) is 18.3 Å². The highest BCUT2D eigenvalue weighted by atomic mass is 32.1. The lowest BCUT2D eigenvalue weighted by atomic mass is 9.95. The van der Waals surface area contributed by atoms with E-state index in [9.17, 15) is 9.59 Å². The molecular weight excluding hydrogens is 324 g/mol. The molecule has 3 rings (SSSR count). The molecule has 6 nitrogen and oxygen atoms in total. The molecule has 24 heavy (non-hydrogen) atoms. The Bertz CT molecular complexity index is 752. The quantitative estimate of drug-likeness (QED) is 0.851. The molecule has 7 heteroatoms. The van der Waals surface area contributed by atoms with Crippen molar-refractivity contribution in [2.45, 2.75) is 45.1 Å². The lowest BCUT2D eigenvalue weighted by Crippen LogP contribution is -2.39. The van der Waals surface area contributed by atoms with Crippen molar-refractivity contribution in [3.8, 4) is 0 Å². The normalized spacial score (nSPS) is 16.1. The van der Waals surface area contributed by atoms with Gasteiger partial charge in [0.1, 0.15) is 5.82 Å². The van der Waals surface area contributed by atoms with Crippen LogP contribution in [0.2, 0.25) is 0 Å². The van der Waals surface area contributed by atoms with Crippen LogP contribution in [0.25, 0.3) is 0 Å². The fraction of sp³-hybridized carbons (Fsp3) is 0.588. The molecular formula is C17H24N4O2S. The van der Waals surface area contributed by atoms with Gasteiger partial charge in [0.05, 0.1) is 6.42 Å². The number of likely N-dealkylation sites (tertiary alicyclic amines) is 1. The second-order valence-electron chi connectivity index (χ2n) is 6.69. The third kappa shape index (κ3) is 3.31. The zero-order valence-corrected chi connectivity index (χ0v) is 15.3. The molecule has 0 N–H and O–H groups in total. The Hall–Kier alpha value is -1.89. The van der Waals surface area contributed by atoms with Crippen molar-refractivity contribution < 1.29 is 4.79 Å². The summed E-state index contributed by atoms with van der Waals surface area (Å²) in [4.78, 5) is 26.6. The molecule has 0 unspecified atom stereocenters. The number of nitrogens with zero attached hydrogens (tertiary/aromatic N) is 4. The van der Waals surface area contributed by atoms with Crippen LogP contribution in [0.4, 0.5) is 0 Å². The lowest BCUT2D eigenvalue weighted by Gasteiger charge is -2.32. The van der Waals surface area contributed by atoms with Crippen molar-refractivity contribution in [2.24, 2.45) is 7.05 Å². The molecule has 0 saturated carbocycles. The molecule has 0 aliphatic carbocycles. The van der Waals surface area contributed by atoms with Crippen molar-refractivity contribution in [3.05, 3.63) is 38.7 Å². The maximum atomic E-state index is 12.4. The number of thiophene rings is 1. The second-order valence-corrected chi connectivity index (χ2v) is 7.47. The first-order chi connectivity index (χ1) is 11.5. The van der Waals surface area contributed by atoms with E-state index < -0.39 is 0 Å². The van der Waals surface area contributed by atoms with E-state index in [1.165, 1.54) is 4.68 Å². The van der Waals surface area contributed by atoms with E-state index in [1.54, 1.807) is 23.0 Å². The molecule has 0 bridgehead atoms. The first-order valence-corrected chi connectivity index (χ1v) is 9.36. The molecule has 130 valence electrons.